The van der Waals surface area contributed by atoms with Crippen LogP contribution in [0.4, 0.5) is 4.79 Å². The number of rotatable bonds is 10. The molecule has 4 atom stereocenters. The van der Waals surface area contributed by atoms with E-state index < -0.39 is 20.0 Å². The van der Waals surface area contributed by atoms with Crippen molar-refractivity contribution < 1.29 is 28.6 Å². The van der Waals surface area contributed by atoms with E-state index in [9.17, 15) is 14.7 Å². The number of hydrogen-bond donors (Lipinski definition) is 1. The number of carbonyl (C=O) groups excluding carboxylic acids is 2. The molecule has 7 nitrogen and oxygen atoms in total. The van der Waals surface area contributed by atoms with E-state index in [0.29, 0.717) is 29.8 Å². The summed E-state index contributed by atoms with van der Waals surface area (Å²) in [5.74, 6) is -0.614. The van der Waals surface area contributed by atoms with Gasteiger partial charge in [-0.15, -0.1) is 0 Å². The quantitative estimate of drug-likeness (QED) is 0.336. The van der Waals surface area contributed by atoms with Crippen molar-refractivity contribution in [2.24, 2.45) is 17.8 Å². The number of aliphatic hydroxyl groups is 1. The van der Waals surface area contributed by atoms with E-state index in [1.807, 2.05) is 27.7 Å². The van der Waals surface area contributed by atoms with Gasteiger partial charge in [-0.3, -0.25) is 4.79 Å². The van der Waals surface area contributed by atoms with E-state index in [0.717, 1.165) is 0 Å². The van der Waals surface area contributed by atoms with E-state index in [1.54, 1.807) is 4.90 Å². The molecule has 1 N–H and O–H groups in total. The number of ether oxygens (including phenoxy) is 2. The van der Waals surface area contributed by atoms with E-state index in [1.165, 1.54) is 7.11 Å². The molecule has 1 unspecified atom stereocenters. The summed E-state index contributed by atoms with van der Waals surface area (Å²) >= 11 is 0. The lowest BCUT2D eigenvalue weighted by atomic mass is 9.80. The third-order valence-corrected chi connectivity index (χ3v) is 13.4. The second-order valence-corrected chi connectivity index (χ2v) is 17.1. The summed E-state index contributed by atoms with van der Waals surface area (Å²) in [6.45, 7) is 21.7. The summed E-state index contributed by atoms with van der Waals surface area (Å²) < 4.78 is 17.6. The fraction of sp³-hybridized carbons (Fsp3) is 0.920. The molecule has 194 valence electrons. The van der Waals surface area contributed by atoms with Gasteiger partial charge in [0.25, 0.3) is 0 Å². The molecule has 1 fully saturated rings. The highest BCUT2D eigenvalue weighted by atomic mass is 28.4. The molecule has 1 aliphatic heterocycles. The van der Waals surface area contributed by atoms with E-state index in [-0.39, 0.29) is 42.8 Å². The van der Waals surface area contributed by atoms with Crippen LogP contribution in [0.15, 0.2) is 0 Å². The van der Waals surface area contributed by atoms with Gasteiger partial charge in [0.1, 0.15) is 5.60 Å². The van der Waals surface area contributed by atoms with E-state index in [4.69, 9.17) is 13.9 Å². The predicted molar refractivity (Wildman–Crippen MR) is 134 cm³/mol. The van der Waals surface area contributed by atoms with Crippen molar-refractivity contribution in [2.75, 3.05) is 26.9 Å². The van der Waals surface area contributed by atoms with Gasteiger partial charge in [0, 0.05) is 13.2 Å². The van der Waals surface area contributed by atoms with Crippen LogP contribution < -0.4 is 0 Å². The number of methoxy groups -OCH3 is 1. The Morgan fingerprint density at radius 1 is 1.03 bits per heavy atom. The molecule has 0 aromatic heterocycles. The average molecular weight is 488 g/mol. The lowest BCUT2D eigenvalue weighted by Crippen LogP contribution is -2.52. The number of carbonyl (C=O) groups is 2. The zero-order valence-electron chi connectivity index (χ0n) is 22.8. The molecule has 0 saturated carbocycles. The van der Waals surface area contributed by atoms with Gasteiger partial charge < -0.3 is 23.9 Å². The molecule has 1 heterocycles. The molecular formula is C25H49NO6Si. The largest absolute Gasteiger partial charge is 0.469 e. The Labute approximate surface area is 202 Å². The molecule has 33 heavy (non-hydrogen) atoms. The Kier molecular flexibility index (Phi) is 10.9. The van der Waals surface area contributed by atoms with Crippen molar-refractivity contribution in [3.63, 3.8) is 0 Å². The molecule has 0 bridgehead atoms. The van der Waals surface area contributed by atoms with Crippen LogP contribution in [0.3, 0.4) is 0 Å². The van der Waals surface area contributed by atoms with E-state index in [2.05, 4.69) is 41.5 Å². The number of aliphatic hydroxyl groups excluding tert-OH is 1. The van der Waals surface area contributed by atoms with Gasteiger partial charge in [-0.25, -0.2) is 4.79 Å². The smallest absolute Gasteiger partial charge is 0.410 e. The van der Waals surface area contributed by atoms with Gasteiger partial charge in [-0.1, -0.05) is 48.5 Å². The van der Waals surface area contributed by atoms with Crippen molar-refractivity contribution in [3.05, 3.63) is 0 Å². The van der Waals surface area contributed by atoms with Crippen LogP contribution in [-0.4, -0.2) is 68.9 Å². The number of nitrogens with zero attached hydrogens (tertiary/aromatic N) is 1. The lowest BCUT2D eigenvalue weighted by Gasteiger charge is -2.44. The summed E-state index contributed by atoms with van der Waals surface area (Å²) in [4.78, 5) is 27.3. The number of likely N-dealkylation sites (tertiary alicyclic amines) is 1. The minimum Gasteiger partial charge on any atom is -0.469 e. The van der Waals surface area contributed by atoms with Crippen LogP contribution >= 0.6 is 0 Å². The SMILES string of the molecule is COC(=O)C[C@H]1[C@@H](C(C)CO)CN(C(=O)OC(C)(C)C)[C@@H]1CO[Si](C(C)C)(C(C)C)C(C)C. The van der Waals surface area contributed by atoms with Crippen molar-refractivity contribution in [1.29, 1.82) is 0 Å². The molecule has 1 saturated heterocycles. The first-order valence-electron chi connectivity index (χ1n) is 12.4. The zero-order chi connectivity index (χ0) is 25.7. The maximum atomic E-state index is 13.2. The minimum absolute atomic E-state index is 0.0132. The Morgan fingerprint density at radius 2 is 1.55 bits per heavy atom. The Hall–Kier alpha value is -1.12. The molecule has 1 rings (SSSR count). The Morgan fingerprint density at radius 3 is 1.94 bits per heavy atom. The molecule has 0 aromatic rings. The summed E-state index contributed by atoms with van der Waals surface area (Å²) in [5.41, 5.74) is 0.577. The molecule has 0 aliphatic carbocycles. The predicted octanol–water partition coefficient (Wildman–Crippen LogP) is 5.22. The first kappa shape index (κ1) is 29.9. The third kappa shape index (κ3) is 7.18. The summed E-state index contributed by atoms with van der Waals surface area (Å²) in [7, 11) is -0.804. The third-order valence-electron chi connectivity index (χ3n) is 7.34. The second-order valence-electron chi connectivity index (χ2n) is 11.6. The van der Waals surface area contributed by atoms with Crippen LogP contribution in [0, 0.1) is 17.8 Å². The maximum absolute atomic E-state index is 13.2. The summed E-state index contributed by atoms with van der Waals surface area (Å²) in [5, 5.41) is 9.90. The topological polar surface area (TPSA) is 85.3 Å². The Balaban J connectivity index is 3.40. The van der Waals surface area contributed by atoms with Gasteiger partial charge in [0.15, 0.2) is 8.32 Å². The zero-order valence-corrected chi connectivity index (χ0v) is 23.8. The highest BCUT2D eigenvalue weighted by molar-refractivity contribution is 6.77. The average Bonchev–Trinajstić information content (AvgIpc) is 3.04. The van der Waals surface area contributed by atoms with Crippen molar-refractivity contribution in [2.45, 2.75) is 104 Å². The monoisotopic (exact) mass is 487 g/mol. The number of esters is 1. The molecule has 8 heteroatoms. The van der Waals surface area contributed by atoms with Crippen LogP contribution in [0.2, 0.25) is 16.6 Å². The normalized spacial score (nSPS) is 22.9. The van der Waals surface area contributed by atoms with Crippen LogP contribution in [-0.2, 0) is 18.7 Å². The molecule has 0 radical (unpaired) electrons. The second kappa shape index (κ2) is 12.0. The van der Waals surface area contributed by atoms with Crippen LogP contribution in [0.25, 0.3) is 0 Å². The molecule has 0 spiro atoms. The highest BCUT2D eigenvalue weighted by Crippen LogP contribution is 2.44. The number of amides is 1. The lowest BCUT2D eigenvalue weighted by molar-refractivity contribution is -0.142. The first-order valence-corrected chi connectivity index (χ1v) is 14.6. The molecule has 1 amide bonds. The standard InChI is InChI=1S/C25H49NO6Si/c1-16(2)33(17(3)4,18(5)6)31-15-22-20(12-23(28)30-11)21(19(7)14-27)13-26(22)24(29)32-25(8,9)10/h16-22,27H,12-15H2,1-11H3/t19?,20-,21+,22+/m0/s1. The van der Waals surface area contributed by atoms with Crippen molar-refractivity contribution >= 4 is 20.4 Å². The fourth-order valence-electron chi connectivity index (χ4n) is 5.79. The van der Waals surface area contributed by atoms with Gasteiger partial charge in [-0.05, 0) is 55.1 Å². The highest BCUT2D eigenvalue weighted by Gasteiger charge is 2.51. The molecule has 0 aromatic carbocycles. The van der Waals surface area contributed by atoms with Gasteiger partial charge in [-0.2, -0.15) is 0 Å². The fourth-order valence-corrected chi connectivity index (χ4v) is 11.2. The van der Waals surface area contributed by atoms with Crippen LogP contribution in [0.1, 0.15) is 75.7 Å². The van der Waals surface area contributed by atoms with E-state index >= 15 is 0 Å². The maximum Gasteiger partial charge on any atom is 0.410 e. The summed E-state index contributed by atoms with van der Waals surface area (Å²) in [6.07, 6.45) is -0.220. The first-order chi connectivity index (χ1) is 15.1. The van der Waals surface area contributed by atoms with Gasteiger partial charge in [0.05, 0.1) is 26.2 Å². The molecule has 1 aliphatic rings. The summed E-state index contributed by atoms with van der Waals surface area (Å²) in [6, 6.07) is -0.318. The number of hydrogen-bond acceptors (Lipinski definition) is 6. The van der Waals surface area contributed by atoms with Crippen molar-refractivity contribution in [3.8, 4) is 0 Å². The van der Waals surface area contributed by atoms with Crippen molar-refractivity contribution in [1.82, 2.24) is 4.90 Å². The van der Waals surface area contributed by atoms with Gasteiger partial charge >= 0.3 is 12.1 Å². The van der Waals surface area contributed by atoms with Crippen LogP contribution in [0.5, 0.6) is 0 Å². The molecular weight excluding hydrogens is 438 g/mol. The van der Waals surface area contributed by atoms with Gasteiger partial charge in [0.2, 0.25) is 0 Å². The Bertz CT molecular complexity index is 624. The minimum atomic E-state index is -2.19.